The highest BCUT2D eigenvalue weighted by Crippen LogP contribution is 2.17. The molecule has 2 N–H and O–H groups in total. The lowest BCUT2D eigenvalue weighted by molar-refractivity contribution is 1.30. The maximum absolute atomic E-state index is 5.42. The van der Waals surface area contributed by atoms with Gasteiger partial charge in [-0.2, -0.15) is 0 Å². The van der Waals surface area contributed by atoms with E-state index in [0.29, 0.717) is 0 Å². The van der Waals surface area contributed by atoms with Crippen LogP contribution in [0.25, 0.3) is 10.9 Å². The minimum Gasteiger partial charge on any atom is -0.274 e. The van der Waals surface area contributed by atoms with Gasteiger partial charge in [0.1, 0.15) is 0 Å². The van der Waals surface area contributed by atoms with Gasteiger partial charge >= 0.3 is 0 Å². The van der Waals surface area contributed by atoms with E-state index in [9.17, 15) is 0 Å². The predicted octanol–water partition coefficient (Wildman–Crippen LogP) is 2.20. The lowest BCUT2D eigenvalue weighted by Gasteiger charge is -1.97. The van der Waals surface area contributed by atoms with Crippen LogP contribution in [-0.2, 0) is 0 Å². The molecule has 0 unspecified atom stereocenters. The highest BCUT2D eigenvalue weighted by Gasteiger charge is 1.94. The largest absolute Gasteiger partial charge is 0.274 e. The van der Waals surface area contributed by atoms with Crippen molar-refractivity contribution in [2.75, 3.05) is 0 Å². The molecule has 0 spiro atoms. The second kappa shape index (κ2) is 3.13. The van der Waals surface area contributed by atoms with Crippen molar-refractivity contribution >= 4 is 22.9 Å². The van der Waals surface area contributed by atoms with E-state index in [0.717, 1.165) is 15.8 Å². The standard InChI is InChI=1S/C9H8N2S/c10-12-8-5-7-3-1-2-4-9(7)11-6-8/h1-6H,10H2. The van der Waals surface area contributed by atoms with Crippen LogP contribution in [0.3, 0.4) is 0 Å². The normalized spacial score (nSPS) is 10.4. The van der Waals surface area contributed by atoms with E-state index in [4.69, 9.17) is 5.14 Å². The summed E-state index contributed by atoms with van der Waals surface area (Å²) in [5.41, 5.74) is 1.01. The van der Waals surface area contributed by atoms with Gasteiger partial charge in [0.15, 0.2) is 0 Å². The zero-order valence-electron chi connectivity index (χ0n) is 6.40. The summed E-state index contributed by atoms with van der Waals surface area (Å²) < 4.78 is 0. The number of aromatic nitrogens is 1. The van der Waals surface area contributed by atoms with Crippen molar-refractivity contribution in [1.82, 2.24) is 4.98 Å². The maximum Gasteiger partial charge on any atom is 0.0702 e. The number of nitrogens with zero attached hydrogens (tertiary/aromatic N) is 1. The Bertz CT molecular complexity index is 400. The van der Waals surface area contributed by atoms with Crippen molar-refractivity contribution in [1.29, 1.82) is 0 Å². The Kier molecular flexibility index (Phi) is 1.98. The fourth-order valence-corrected chi connectivity index (χ4v) is 1.42. The van der Waals surface area contributed by atoms with E-state index >= 15 is 0 Å². The highest BCUT2D eigenvalue weighted by molar-refractivity contribution is 7.97. The molecule has 12 heavy (non-hydrogen) atoms. The van der Waals surface area contributed by atoms with Gasteiger partial charge in [-0.1, -0.05) is 18.2 Å². The molecule has 0 atom stereocenters. The van der Waals surface area contributed by atoms with Gasteiger partial charge in [-0.15, -0.1) is 0 Å². The molecule has 1 aromatic heterocycles. The molecule has 2 rings (SSSR count). The van der Waals surface area contributed by atoms with Crippen LogP contribution in [0.2, 0.25) is 0 Å². The average molecular weight is 176 g/mol. The quantitative estimate of drug-likeness (QED) is 0.677. The number of benzene rings is 1. The third-order valence-electron chi connectivity index (χ3n) is 1.70. The van der Waals surface area contributed by atoms with E-state index in [2.05, 4.69) is 4.98 Å². The summed E-state index contributed by atoms with van der Waals surface area (Å²) in [6, 6.07) is 10.0. The molecule has 0 aliphatic carbocycles. The van der Waals surface area contributed by atoms with Crippen LogP contribution in [0.4, 0.5) is 0 Å². The van der Waals surface area contributed by atoms with Crippen LogP contribution < -0.4 is 5.14 Å². The van der Waals surface area contributed by atoms with Crippen molar-refractivity contribution in [2.24, 2.45) is 5.14 Å². The van der Waals surface area contributed by atoms with Gasteiger partial charge in [0, 0.05) is 16.5 Å². The lowest BCUT2D eigenvalue weighted by Crippen LogP contribution is -1.82. The number of hydrogen-bond donors (Lipinski definition) is 1. The third-order valence-corrected chi connectivity index (χ3v) is 2.20. The topological polar surface area (TPSA) is 38.9 Å². The van der Waals surface area contributed by atoms with Crippen LogP contribution >= 0.6 is 11.9 Å². The molecular weight excluding hydrogens is 168 g/mol. The number of rotatable bonds is 1. The number of para-hydroxylation sites is 1. The molecule has 2 nitrogen and oxygen atoms in total. The molecule has 1 heterocycles. The first-order chi connectivity index (χ1) is 5.90. The zero-order chi connectivity index (χ0) is 8.39. The molecule has 0 aliphatic heterocycles. The van der Waals surface area contributed by atoms with Crippen molar-refractivity contribution in [3.05, 3.63) is 36.5 Å². The Hall–Kier alpha value is -1.06. The Morgan fingerprint density at radius 2 is 2.08 bits per heavy atom. The first-order valence-electron chi connectivity index (χ1n) is 3.62. The van der Waals surface area contributed by atoms with Gasteiger partial charge in [0.2, 0.25) is 0 Å². The Morgan fingerprint density at radius 3 is 2.92 bits per heavy atom. The summed E-state index contributed by atoms with van der Waals surface area (Å²) in [5, 5.41) is 6.55. The molecular formula is C9H8N2S. The minimum absolute atomic E-state index is 0.994. The summed E-state index contributed by atoms with van der Waals surface area (Å²) in [5.74, 6) is 0. The van der Waals surface area contributed by atoms with Crippen molar-refractivity contribution in [3.8, 4) is 0 Å². The van der Waals surface area contributed by atoms with E-state index in [1.807, 2.05) is 30.3 Å². The van der Waals surface area contributed by atoms with Crippen LogP contribution in [-0.4, -0.2) is 4.98 Å². The summed E-state index contributed by atoms with van der Waals surface area (Å²) in [4.78, 5) is 5.25. The minimum atomic E-state index is 0.994. The van der Waals surface area contributed by atoms with Crippen molar-refractivity contribution in [2.45, 2.75) is 4.90 Å². The second-order valence-electron chi connectivity index (χ2n) is 2.48. The Labute approximate surface area is 74.9 Å². The van der Waals surface area contributed by atoms with E-state index in [-0.39, 0.29) is 0 Å². The van der Waals surface area contributed by atoms with Gasteiger partial charge in [-0.25, -0.2) is 0 Å². The van der Waals surface area contributed by atoms with Crippen LogP contribution in [0.1, 0.15) is 0 Å². The SMILES string of the molecule is NSc1cnc2ccccc2c1. The lowest BCUT2D eigenvalue weighted by atomic mass is 10.2. The molecule has 0 aliphatic rings. The van der Waals surface area contributed by atoms with E-state index < -0.39 is 0 Å². The predicted molar refractivity (Wildman–Crippen MR) is 51.8 cm³/mol. The summed E-state index contributed by atoms with van der Waals surface area (Å²) >= 11 is 1.22. The number of fused-ring (bicyclic) bond motifs is 1. The molecule has 0 saturated carbocycles. The first kappa shape index (κ1) is 7.58. The Balaban J connectivity index is 2.67. The smallest absolute Gasteiger partial charge is 0.0702 e. The Morgan fingerprint density at radius 1 is 1.25 bits per heavy atom. The highest BCUT2D eigenvalue weighted by atomic mass is 32.2. The molecule has 1 aromatic carbocycles. The molecule has 0 fully saturated rings. The third kappa shape index (κ3) is 1.29. The summed E-state index contributed by atoms with van der Waals surface area (Å²) in [7, 11) is 0. The van der Waals surface area contributed by atoms with Gasteiger partial charge in [-0.05, 0) is 24.1 Å². The van der Waals surface area contributed by atoms with Gasteiger partial charge in [0.05, 0.1) is 5.52 Å². The second-order valence-corrected chi connectivity index (χ2v) is 3.19. The fourth-order valence-electron chi connectivity index (χ4n) is 1.12. The van der Waals surface area contributed by atoms with Gasteiger partial charge < -0.3 is 0 Å². The maximum atomic E-state index is 5.42. The van der Waals surface area contributed by atoms with Crippen LogP contribution in [0.5, 0.6) is 0 Å². The average Bonchev–Trinajstić information content (AvgIpc) is 2.17. The first-order valence-corrected chi connectivity index (χ1v) is 4.49. The van der Waals surface area contributed by atoms with E-state index in [1.165, 1.54) is 11.9 Å². The molecule has 0 bridgehead atoms. The number of pyridine rings is 1. The summed E-state index contributed by atoms with van der Waals surface area (Å²) in [6.45, 7) is 0. The molecule has 2 aromatic rings. The van der Waals surface area contributed by atoms with Crippen LogP contribution in [0, 0.1) is 0 Å². The summed E-state index contributed by atoms with van der Waals surface area (Å²) in [6.07, 6.45) is 1.78. The van der Waals surface area contributed by atoms with Crippen molar-refractivity contribution in [3.63, 3.8) is 0 Å². The van der Waals surface area contributed by atoms with Gasteiger partial charge in [-0.3, -0.25) is 10.1 Å². The fraction of sp³-hybridized carbons (Fsp3) is 0. The number of nitrogens with two attached hydrogens (primary N) is 1. The van der Waals surface area contributed by atoms with Crippen LogP contribution in [0.15, 0.2) is 41.4 Å². The molecule has 0 saturated heterocycles. The molecule has 3 heteroatoms. The zero-order valence-corrected chi connectivity index (χ0v) is 7.21. The molecule has 0 amide bonds. The number of hydrogen-bond acceptors (Lipinski definition) is 3. The monoisotopic (exact) mass is 176 g/mol. The van der Waals surface area contributed by atoms with E-state index in [1.54, 1.807) is 6.20 Å². The molecule has 60 valence electrons. The van der Waals surface area contributed by atoms with Crippen molar-refractivity contribution < 1.29 is 0 Å². The van der Waals surface area contributed by atoms with Gasteiger partial charge in [0.25, 0.3) is 0 Å². The molecule has 0 radical (unpaired) electrons.